The molecule has 0 bridgehead atoms. The van der Waals surface area contributed by atoms with E-state index in [1.54, 1.807) is 0 Å². The highest BCUT2D eigenvalue weighted by atomic mass is 16.5. The molecule has 2 saturated heterocycles. The van der Waals surface area contributed by atoms with Gasteiger partial charge < -0.3 is 15.0 Å². The molecule has 0 radical (unpaired) electrons. The van der Waals surface area contributed by atoms with Crippen molar-refractivity contribution < 1.29 is 4.74 Å². The minimum atomic E-state index is 0.603. The number of fused-ring (bicyclic) bond motifs is 1. The Morgan fingerprint density at radius 2 is 2.30 bits per heavy atom. The fourth-order valence-electron chi connectivity index (χ4n) is 4.05. The van der Waals surface area contributed by atoms with Crippen molar-refractivity contribution in [2.24, 2.45) is 5.41 Å². The molecule has 108 valence electrons. The summed E-state index contributed by atoms with van der Waals surface area (Å²) in [5.74, 6) is 1.10. The van der Waals surface area contributed by atoms with Gasteiger partial charge in [0.1, 0.15) is 5.75 Å². The van der Waals surface area contributed by atoms with E-state index in [9.17, 15) is 0 Å². The van der Waals surface area contributed by atoms with Crippen LogP contribution in [0.3, 0.4) is 0 Å². The standard InChI is InChI=1S/C17H24N2O/c1-2-16-15(4-10-20-16)11-14(1)3-8-19-9-6-17(13-19)5-7-18-12-17/h1-2,11,18H,3-10,12-13H2. The van der Waals surface area contributed by atoms with Gasteiger partial charge in [0.2, 0.25) is 0 Å². The van der Waals surface area contributed by atoms with E-state index in [0.29, 0.717) is 5.41 Å². The lowest BCUT2D eigenvalue weighted by Gasteiger charge is -2.22. The second kappa shape index (κ2) is 5.05. The Morgan fingerprint density at radius 1 is 1.30 bits per heavy atom. The van der Waals surface area contributed by atoms with Crippen LogP contribution in [0.15, 0.2) is 18.2 Å². The van der Waals surface area contributed by atoms with Gasteiger partial charge >= 0.3 is 0 Å². The fourth-order valence-corrected chi connectivity index (χ4v) is 4.05. The molecular formula is C17H24N2O. The molecule has 1 atom stereocenters. The second-order valence-corrected chi connectivity index (χ2v) is 6.74. The van der Waals surface area contributed by atoms with Crippen LogP contribution in [0.4, 0.5) is 0 Å². The van der Waals surface area contributed by atoms with Crippen molar-refractivity contribution in [1.29, 1.82) is 0 Å². The predicted octanol–water partition coefficient (Wildman–Crippen LogP) is 1.85. The highest BCUT2D eigenvalue weighted by Gasteiger charge is 2.39. The first-order chi connectivity index (χ1) is 9.83. The maximum Gasteiger partial charge on any atom is 0.122 e. The van der Waals surface area contributed by atoms with Crippen molar-refractivity contribution in [3.63, 3.8) is 0 Å². The van der Waals surface area contributed by atoms with E-state index >= 15 is 0 Å². The molecule has 1 aromatic carbocycles. The topological polar surface area (TPSA) is 24.5 Å². The smallest absolute Gasteiger partial charge is 0.122 e. The van der Waals surface area contributed by atoms with E-state index in [1.165, 1.54) is 63.1 Å². The van der Waals surface area contributed by atoms with Crippen LogP contribution < -0.4 is 10.1 Å². The number of rotatable bonds is 3. The van der Waals surface area contributed by atoms with E-state index in [0.717, 1.165) is 18.8 Å². The Morgan fingerprint density at radius 3 is 3.20 bits per heavy atom. The predicted molar refractivity (Wildman–Crippen MR) is 80.3 cm³/mol. The van der Waals surface area contributed by atoms with Gasteiger partial charge in [0, 0.05) is 26.1 Å². The molecule has 1 aromatic rings. The molecule has 0 saturated carbocycles. The first-order valence-corrected chi connectivity index (χ1v) is 8.01. The quantitative estimate of drug-likeness (QED) is 0.909. The Bertz CT molecular complexity index is 494. The van der Waals surface area contributed by atoms with Crippen LogP contribution in [0.1, 0.15) is 24.0 Å². The van der Waals surface area contributed by atoms with Crippen molar-refractivity contribution in [3.05, 3.63) is 29.3 Å². The monoisotopic (exact) mass is 272 g/mol. The largest absolute Gasteiger partial charge is 0.493 e. The van der Waals surface area contributed by atoms with Gasteiger partial charge in [0.15, 0.2) is 0 Å². The first-order valence-electron chi connectivity index (χ1n) is 8.01. The second-order valence-electron chi connectivity index (χ2n) is 6.74. The van der Waals surface area contributed by atoms with Gasteiger partial charge in [-0.25, -0.2) is 0 Å². The zero-order chi connectivity index (χ0) is 13.4. The molecule has 3 heterocycles. The van der Waals surface area contributed by atoms with Crippen molar-refractivity contribution >= 4 is 0 Å². The normalized spacial score (nSPS) is 29.0. The highest BCUT2D eigenvalue weighted by molar-refractivity contribution is 5.39. The molecule has 3 heteroatoms. The Kier molecular flexibility index (Phi) is 3.20. The van der Waals surface area contributed by atoms with Crippen LogP contribution >= 0.6 is 0 Å². The Labute approximate surface area is 121 Å². The van der Waals surface area contributed by atoms with Gasteiger partial charge in [-0.05, 0) is 55.0 Å². The summed E-state index contributed by atoms with van der Waals surface area (Å²) in [5, 5.41) is 3.54. The average Bonchev–Trinajstić information content (AvgIpc) is 3.19. The number of nitrogens with zero attached hydrogens (tertiary/aromatic N) is 1. The summed E-state index contributed by atoms with van der Waals surface area (Å²) in [6.07, 6.45) is 5.02. The number of benzene rings is 1. The lowest BCUT2D eigenvalue weighted by atomic mass is 9.87. The number of ether oxygens (including phenoxy) is 1. The third-order valence-corrected chi connectivity index (χ3v) is 5.32. The molecule has 3 aliphatic rings. The van der Waals surface area contributed by atoms with Gasteiger partial charge in [-0.15, -0.1) is 0 Å². The van der Waals surface area contributed by atoms with Crippen LogP contribution in [-0.4, -0.2) is 44.2 Å². The van der Waals surface area contributed by atoms with Gasteiger partial charge in [-0.3, -0.25) is 0 Å². The zero-order valence-corrected chi connectivity index (χ0v) is 12.2. The fraction of sp³-hybridized carbons (Fsp3) is 0.647. The van der Waals surface area contributed by atoms with Crippen LogP contribution in [0.2, 0.25) is 0 Å². The number of nitrogens with one attached hydrogen (secondary N) is 1. The number of hydrogen-bond acceptors (Lipinski definition) is 3. The molecule has 0 aliphatic carbocycles. The lowest BCUT2D eigenvalue weighted by molar-refractivity contribution is 0.277. The third-order valence-electron chi connectivity index (χ3n) is 5.32. The van der Waals surface area contributed by atoms with Crippen molar-refractivity contribution in [2.75, 3.05) is 39.3 Å². The van der Waals surface area contributed by atoms with Crippen LogP contribution in [0.5, 0.6) is 5.75 Å². The molecule has 0 aromatic heterocycles. The van der Waals surface area contributed by atoms with Crippen molar-refractivity contribution in [3.8, 4) is 5.75 Å². The molecular weight excluding hydrogens is 248 g/mol. The van der Waals surface area contributed by atoms with Crippen LogP contribution in [-0.2, 0) is 12.8 Å². The van der Waals surface area contributed by atoms with Crippen molar-refractivity contribution in [1.82, 2.24) is 10.2 Å². The van der Waals surface area contributed by atoms with Gasteiger partial charge in [0.25, 0.3) is 0 Å². The summed E-state index contributed by atoms with van der Waals surface area (Å²) in [4.78, 5) is 2.66. The Balaban J connectivity index is 1.34. The molecule has 20 heavy (non-hydrogen) atoms. The highest BCUT2D eigenvalue weighted by Crippen LogP contribution is 2.36. The number of hydrogen-bond donors (Lipinski definition) is 1. The summed E-state index contributed by atoms with van der Waals surface area (Å²) in [6.45, 7) is 7.12. The third kappa shape index (κ3) is 2.33. The summed E-state index contributed by atoms with van der Waals surface area (Å²) in [7, 11) is 0. The molecule has 4 rings (SSSR count). The van der Waals surface area contributed by atoms with E-state index in [-0.39, 0.29) is 0 Å². The summed E-state index contributed by atoms with van der Waals surface area (Å²) in [6, 6.07) is 6.75. The minimum Gasteiger partial charge on any atom is -0.493 e. The van der Waals surface area contributed by atoms with Gasteiger partial charge in [0.05, 0.1) is 6.61 Å². The maximum atomic E-state index is 5.58. The van der Waals surface area contributed by atoms with Gasteiger partial charge in [-0.1, -0.05) is 12.1 Å². The molecule has 1 spiro atoms. The molecule has 1 N–H and O–H groups in total. The maximum absolute atomic E-state index is 5.58. The lowest BCUT2D eigenvalue weighted by Crippen LogP contribution is -2.30. The zero-order valence-electron chi connectivity index (χ0n) is 12.2. The molecule has 2 fully saturated rings. The summed E-state index contributed by atoms with van der Waals surface area (Å²) >= 11 is 0. The van der Waals surface area contributed by atoms with E-state index in [1.807, 2.05) is 0 Å². The summed E-state index contributed by atoms with van der Waals surface area (Å²) < 4.78 is 5.58. The van der Waals surface area contributed by atoms with Gasteiger partial charge in [-0.2, -0.15) is 0 Å². The molecule has 0 amide bonds. The number of likely N-dealkylation sites (tertiary alicyclic amines) is 1. The van der Waals surface area contributed by atoms with Crippen LogP contribution in [0, 0.1) is 5.41 Å². The minimum absolute atomic E-state index is 0.603. The van der Waals surface area contributed by atoms with Crippen molar-refractivity contribution in [2.45, 2.75) is 25.7 Å². The molecule has 1 unspecified atom stereocenters. The SMILES string of the molecule is c1cc2c(cc1CCN1CCC3(CCNC3)C1)CCO2. The average molecular weight is 272 g/mol. The summed E-state index contributed by atoms with van der Waals surface area (Å²) in [5.41, 5.74) is 3.48. The van der Waals surface area contributed by atoms with E-state index in [2.05, 4.69) is 28.4 Å². The van der Waals surface area contributed by atoms with Crippen LogP contribution in [0.25, 0.3) is 0 Å². The molecule has 3 nitrogen and oxygen atoms in total. The Hall–Kier alpha value is -1.06. The van der Waals surface area contributed by atoms with E-state index in [4.69, 9.17) is 4.74 Å². The van der Waals surface area contributed by atoms with E-state index < -0.39 is 0 Å². The first kappa shape index (κ1) is 12.7. The molecule has 3 aliphatic heterocycles.